The molecule has 1 aromatic heterocycles. The number of rotatable bonds is 1. The Labute approximate surface area is 70.1 Å². The minimum absolute atomic E-state index is 0.537. The van der Waals surface area contributed by atoms with E-state index in [1.807, 2.05) is 25.1 Å². The van der Waals surface area contributed by atoms with Crippen molar-refractivity contribution in [3.63, 3.8) is 0 Å². The summed E-state index contributed by atoms with van der Waals surface area (Å²) in [6.45, 7) is 2.46. The number of nitrogens with zero attached hydrogens (tertiary/aromatic N) is 1. The summed E-state index contributed by atoms with van der Waals surface area (Å²) in [5.41, 5.74) is 8.29. The van der Waals surface area contributed by atoms with Crippen molar-refractivity contribution >= 4 is 11.0 Å². The predicted molar refractivity (Wildman–Crippen MR) is 46.6 cm³/mol. The molecule has 0 atom stereocenters. The van der Waals surface area contributed by atoms with Gasteiger partial charge in [-0.1, -0.05) is 11.2 Å². The van der Waals surface area contributed by atoms with Crippen molar-refractivity contribution in [3.05, 3.63) is 29.5 Å². The third kappa shape index (κ3) is 0.987. The summed E-state index contributed by atoms with van der Waals surface area (Å²) >= 11 is 0. The van der Waals surface area contributed by atoms with Gasteiger partial charge in [0.25, 0.3) is 0 Å². The minimum atomic E-state index is 0.537. The number of hydrogen-bond acceptors (Lipinski definition) is 3. The van der Waals surface area contributed by atoms with Crippen LogP contribution in [0.25, 0.3) is 11.0 Å². The molecule has 1 aromatic carbocycles. The quantitative estimate of drug-likeness (QED) is 0.692. The molecule has 62 valence electrons. The van der Waals surface area contributed by atoms with E-state index >= 15 is 0 Å². The molecule has 0 aliphatic carbocycles. The molecule has 0 saturated heterocycles. The summed E-state index contributed by atoms with van der Waals surface area (Å²) in [4.78, 5) is 0. The van der Waals surface area contributed by atoms with E-state index in [9.17, 15) is 0 Å². The zero-order valence-electron chi connectivity index (χ0n) is 6.87. The number of fused-ring (bicyclic) bond motifs is 1. The number of aryl methyl sites for hydroxylation is 1. The molecule has 0 saturated carbocycles. The maximum Gasteiger partial charge on any atom is 0.167 e. The highest BCUT2D eigenvalue weighted by Gasteiger charge is 2.02. The van der Waals surface area contributed by atoms with Gasteiger partial charge in [0, 0.05) is 11.9 Å². The van der Waals surface area contributed by atoms with Gasteiger partial charge in [-0.15, -0.1) is 0 Å². The molecule has 1 heterocycles. The van der Waals surface area contributed by atoms with E-state index in [1.54, 1.807) is 0 Å². The van der Waals surface area contributed by atoms with Crippen LogP contribution >= 0.6 is 0 Å². The van der Waals surface area contributed by atoms with Crippen molar-refractivity contribution in [2.45, 2.75) is 13.5 Å². The Morgan fingerprint density at radius 3 is 3.08 bits per heavy atom. The molecule has 0 radical (unpaired) electrons. The van der Waals surface area contributed by atoms with E-state index < -0.39 is 0 Å². The zero-order valence-corrected chi connectivity index (χ0v) is 6.87. The van der Waals surface area contributed by atoms with E-state index in [0.29, 0.717) is 6.54 Å². The summed E-state index contributed by atoms with van der Waals surface area (Å²) in [5, 5.41) is 4.92. The van der Waals surface area contributed by atoms with E-state index in [0.717, 1.165) is 22.2 Å². The first kappa shape index (κ1) is 7.31. The van der Waals surface area contributed by atoms with Crippen LogP contribution in [0.4, 0.5) is 0 Å². The summed E-state index contributed by atoms with van der Waals surface area (Å²) in [5.74, 6) is 0. The molecular formula is C9H10N2O. The number of aromatic nitrogens is 1. The van der Waals surface area contributed by atoms with Crippen LogP contribution in [0.3, 0.4) is 0 Å². The molecule has 0 aliphatic rings. The van der Waals surface area contributed by atoms with Crippen LogP contribution in [-0.2, 0) is 6.54 Å². The monoisotopic (exact) mass is 162 g/mol. The molecular weight excluding hydrogens is 152 g/mol. The lowest BCUT2D eigenvalue weighted by atomic mass is 10.1. The highest BCUT2D eigenvalue weighted by molar-refractivity contribution is 5.79. The lowest BCUT2D eigenvalue weighted by Gasteiger charge is -1.93. The lowest BCUT2D eigenvalue weighted by molar-refractivity contribution is 0.450. The molecule has 3 heteroatoms. The summed E-state index contributed by atoms with van der Waals surface area (Å²) in [7, 11) is 0. The molecule has 0 bridgehead atoms. The maximum absolute atomic E-state index is 5.49. The number of hydrogen-bond donors (Lipinski definition) is 1. The molecule has 2 aromatic rings. The SMILES string of the molecule is Cc1noc2cc(CN)ccc12. The molecule has 0 aliphatic heterocycles. The van der Waals surface area contributed by atoms with Crippen molar-refractivity contribution < 1.29 is 4.52 Å². The highest BCUT2D eigenvalue weighted by atomic mass is 16.5. The van der Waals surface area contributed by atoms with E-state index in [4.69, 9.17) is 10.3 Å². The van der Waals surface area contributed by atoms with Crippen LogP contribution in [0.2, 0.25) is 0 Å². The predicted octanol–water partition coefficient (Wildman–Crippen LogP) is 1.59. The van der Waals surface area contributed by atoms with E-state index in [2.05, 4.69) is 5.16 Å². The van der Waals surface area contributed by atoms with Crippen LogP contribution in [-0.4, -0.2) is 5.16 Å². The summed E-state index contributed by atoms with van der Waals surface area (Å²) in [6.07, 6.45) is 0. The Morgan fingerprint density at radius 2 is 2.33 bits per heavy atom. The molecule has 3 nitrogen and oxygen atoms in total. The normalized spacial score (nSPS) is 10.8. The van der Waals surface area contributed by atoms with Crippen molar-refractivity contribution in [2.75, 3.05) is 0 Å². The standard InChI is InChI=1S/C9H10N2O/c1-6-8-3-2-7(5-10)4-9(8)12-11-6/h2-4H,5,10H2,1H3. The smallest absolute Gasteiger partial charge is 0.167 e. The van der Waals surface area contributed by atoms with Crippen LogP contribution < -0.4 is 5.73 Å². The van der Waals surface area contributed by atoms with E-state index in [1.165, 1.54) is 0 Å². The first-order valence-corrected chi connectivity index (χ1v) is 3.86. The van der Waals surface area contributed by atoms with Crippen LogP contribution in [0.1, 0.15) is 11.3 Å². The fourth-order valence-electron chi connectivity index (χ4n) is 1.23. The maximum atomic E-state index is 5.49. The van der Waals surface area contributed by atoms with Crippen molar-refractivity contribution in [1.29, 1.82) is 0 Å². The summed E-state index contributed by atoms with van der Waals surface area (Å²) < 4.78 is 5.09. The van der Waals surface area contributed by atoms with Gasteiger partial charge in [0.2, 0.25) is 0 Å². The molecule has 0 unspecified atom stereocenters. The van der Waals surface area contributed by atoms with Crippen molar-refractivity contribution in [3.8, 4) is 0 Å². The van der Waals surface area contributed by atoms with Gasteiger partial charge >= 0.3 is 0 Å². The van der Waals surface area contributed by atoms with Crippen molar-refractivity contribution in [1.82, 2.24) is 5.16 Å². The Balaban J connectivity index is 2.69. The molecule has 2 rings (SSSR count). The highest BCUT2D eigenvalue weighted by Crippen LogP contribution is 2.18. The summed E-state index contributed by atoms with van der Waals surface area (Å²) in [6, 6.07) is 5.91. The van der Waals surface area contributed by atoms with Gasteiger partial charge in [-0.2, -0.15) is 0 Å². The van der Waals surface area contributed by atoms with Gasteiger partial charge in [-0.05, 0) is 24.6 Å². The first-order chi connectivity index (χ1) is 5.81. The fraction of sp³-hybridized carbons (Fsp3) is 0.222. The van der Waals surface area contributed by atoms with Gasteiger partial charge in [0.15, 0.2) is 5.58 Å². The lowest BCUT2D eigenvalue weighted by Crippen LogP contribution is -1.94. The molecule has 2 N–H and O–H groups in total. The third-order valence-corrected chi connectivity index (χ3v) is 1.95. The van der Waals surface area contributed by atoms with Gasteiger partial charge < -0.3 is 10.3 Å². The largest absolute Gasteiger partial charge is 0.356 e. The van der Waals surface area contributed by atoms with Gasteiger partial charge in [0.1, 0.15) is 0 Å². The number of benzene rings is 1. The van der Waals surface area contributed by atoms with Gasteiger partial charge in [-0.25, -0.2) is 0 Å². The average Bonchev–Trinajstić information content (AvgIpc) is 2.47. The molecule has 12 heavy (non-hydrogen) atoms. The second kappa shape index (κ2) is 2.60. The minimum Gasteiger partial charge on any atom is -0.356 e. The van der Waals surface area contributed by atoms with Crippen molar-refractivity contribution in [2.24, 2.45) is 5.73 Å². The van der Waals surface area contributed by atoms with Crippen LogP contribution in [0.5, 0.6) is 0 Å². The Hall–Kier alpha value is -1.35. The van der Waals surface area contributed by atoms with Gasteiger partial charge in [0.05, 0.1) is 5.69 Å². The topological polar surface area (TPSA) is 52.0 Å². The third-order valence-electron chi connectivity index (χ3n) is 1.95. The average molecular weight is 162 g/mol. The Kier molecular flexibility index (Phi) is 1.59. The van der Waals surface area contributed by atoms with E-state index in [-0.39, 0.29) is 0 Å². The molecule has 0 fully saturated rings. The Bertz CT molecular complexity index is 406. The second-order valence-electron chi connectivity index (χ2n) is 2.80. The zero-order chi connectivity index (χ0) is 8.55. The molecule has 0 amide bonds. The Morgan fingerprint density at radius 1 is 1.50 bits per heavy atom. The molecule has 0 spiro atoms. The second-order valence-corrected chi connectivity index (χ2v) is 2.80. The first-order valence-electron chi connectivity index (χ1n) is 3.86. The van der Waals surface area contributed by atoms with Gasteiger partial charge in [-0.3, -0.25) is 0 Å². The van der Waals surface area contributed by atoms with Crippen LogP contribution in [0.15, 0.2) is 22.7 Å². The van der Waals surface area contributed by atoms with Crippen LogP contribution in [0, 0.1) is 6.92 Å². The number of nitrogens with two attached hydrogens (primary N) is 1. The fourth-order valence-corrected chi connectivity index (χ4v) is 1.23.